The summed E-state index contributed by atoms with van der Waals surface area (Å²) in [7, 11) is 1.89. The molecular weight excluding hydrogens is 398 g/mol. The van der Waals surface area contributed by atoms with Crippen molar-refractivity contribution in [3.05, 3.63) is 72.2 Å². The van der Waals surface area contributed by atoms with Gasteiger partial charge in [-0.1, -0.05) is 24.3 Å². The number of aryl methyl sites for hydroxylation is 1. The zero-order chi connectivity index (χ0) is 21.1. The van der Waals surface area contributed by atoms with Crippen molar-refractivity contribution in [2.75, 3.05) is 5.32 Å². The molecule has 4 rings (SSSR count). The number of hydrogen-bond acceptors (Lipinski definition) is 5. The number of amides is 2. The first-order valence-electron chi connectivity index (χ1n) is 9.49. The fraction of sp³-hybridized carbons (Fsp3) is 0.182. The Bertz CT molecular complexity index is 1110. The lowest BCUT2D eigenvalue weighted by Gasteiger charge is -2.32. The Morgan fingerprint density at radius 3 is 2.60 bits per heavy atom. The summed E-state index contributed by atoms with van der Waals surface area (Å²) in [5.41, 5.74) is 2.70. The van der Waals surface area contributed by atoms with Gasteiger partial charge in [-0.3, -0.25) is 9.59 Å². The summed E-state index contributed by atoms with van der Waals surface area (Å²) < 4.78 is 1.84. The Balaban J connectivity index is 1.44. The van der Waals surface area contributed by atoms with Crippen LogP contribution in [0.25, 0.3) is 6.08 Å². The minimum atomic E-state index is -0.325. The maximum atomic E-state index is 12.7. The second kappa shape index (κ2) is 8.54. The molecule has 0 spiro atoms. The molecule has 2 aromatic carbocycles. The van der Waals surface area contributed by atoms with Gasteiger partial charge in [0.2, 0.25) is 11.8 Å². The smallest absolute Gasteiger partial charge is 0.226 e. The van der Waals surface area contributed by atoms with Crippen LogP contribution in [0.3, 0.4) is 0 Å². The molecule has 7 nitrogen and oxygen atoms in total. The van der Waals surface area contributed by atoms with Gasteiger partial charge in [-0.2, -0.15) is 0 Å². The van der Waals surface area contributed by atoms with Crippen molar-refractivity contribution in [1.29, 1.82) is 0 Å². The van der Waals surface area contributed by atoms with Crippen molar-refractivity contribution >= 4 is 35.3 Å². The highest BCUT2D eigenvalue weighted by molar-refractivity contribution is 7.99. The molecule has 8 heteroatoms. The van der Waals surface area contributed by atoms with Gasteiger partial charge >= 0.3 is 0 Å². The number of fused-ring (bicyclic) bond motifs is 1. The van der Waals surface area contributed by atoms with Crippen LogP contribution in [-0.2, 0) is 16.6 Å². The summed E-state index contributed by atoms with van der Waals surface area (Å²) in [6.07, 6.45) is 5.48. The number of nitrogens with zero attached hydrogens (tertiary/aromatic N) is 4. The number of rotatable bonds is 5. The van der Waals surface area contributed by atoms with E-state index in [1.54, 1.807) is 17.4 Å². The van der Waals surface area contributed by atoms with E-state index in [0.29, 0.717) is 5.69 Å². The summed E-state index contributed by atoms with van der Waals surface area (Å²) in [5.74, 6) is -0.242. The van der Waals surface area contributed by atoms with Crippen molar-refractivity contribution in [2.24, 2.45) is 7.05 Å². The highest BCUT2D eigenvalue weighted by atomic mass is 32.2. The fourth-order valence-electron chi connectivity index (χ4n) is 3.38. The largest absolute Gasteiger partial charge is 0.326 e. The lowest BCUT2D eigenvalue weighted by molar-refractivity contribution is -0.129. The van der Waals surface area contributed by atoms with E-state index in [0.717, 1.165) is 21.2 Å². The molecule has 2 amide bonds. The predicted octanol–water partition coefficient (Wildman–Crippen LogP) is 3.87. The Morgan fingerprint density at radius 2 is 1.90 bits per heavy atom. The van der Waals surface area contributed by atoms with E-state index in [1.807, 2.05) is 66.2 Å². The van der Waals surface area contributed by atoms with E-state index in [-0.39, 0.29) is 24.3 Å². The first-order chi connectivity index (χ1) is 14.5. The molecule has 1 aliphatic rings. The second-order valence-corrected chi connectivity index (χ2v) is 8.03. The standard InChI is InChI=1S/C22H21N5O2S/c1-15(28)27-12-11-16-5-3-4-6-19(16)20(27)13-21(29)24-17-7-9-18(10-8-17)30-22-25-23-14-26(22)2/h3-12,14,20H,13H2,1-2H3,(H,24,29). The summed E-state index contributed by atoms with van der Waals surface area (Å²) >= 11 is 1.50. The van der Waals surface area contributed by atoms with Crippen LogP contribution in [-0.4, -0.2) is 31.5 Å². The molecule has 1 aromatic heterocycles. The van der Waals surface area contributed by atoms with Gasteiger partial charge < -0.3 is 14.8 Å². The van der Waals surface area contributed by atoms with Crippen LogP contribution >= 0.6 is 11.8 Å². The van der Waals surface area contributed by atoms with Gasteiger partial charge in [0.15, 0.2) is 5.16 Å². The highest BCUT2D eigenvalue weighted by Crippen LogP contribution is 2.33. The fourth-order valence-corrected chi connectivity index (χ4v) is 4.14. The van der Waals surface area contributed by atoms with Gasteiger partial charge in [0.1, 0.15) is 6.33 Å². The van der Waals surface area contributed by atoms with Crippen LogP contribution in [0.15, 0.2) is 71.1 Å². The zero-order valence-corrected chi connectivity index (χ0v) is 17.5. The Labute approximate surface area is 178 Å². The van der Waals surface area contributed by atoms with Gasteiger partial charge in [0.25, 0.3) is 0 Å². The van der Waals surface area contributed by atoms with Crippen LogP contribution in [0.2, 0.25) is 0 Å². The van der Waals surface area contributed by atoms with Crippen molar-refractivity contribution in [3.63, 3.8) is 0 Å². The van der Waals surface area contributed by atoms with Crippen LogP contribution in [0.1, 0.15) is 30.5 Å². The first kappa shape index (κ1) is 19.9. The summed E-state index contributed by atoms with van der Waals surface area (Å²) in [6.45, 7) is 1.51. The molecule has 1 atom stereocenters. The first-order valence-corrected chi connectivity index (χ1v) is 10.3. The van der Waals surface area contributed by atoms with E-state index < -0.39 is 0 Å². The van der Waals surface area contributed by atoms with Gasteiger partial charge in [0, 0.05) is 30.8 Å². The third-order valence-corrected chi connectivity index (χ3v) is 5.92. The molecular formula is C22H21N5O2S. The highest BCUT2D eigenvalue weighted by Gasteiger charge is 2.28. The van der Waals surface area contributed by atoms with Gasteiger partial charge in [-0.15, -0.1) is 10.2 Å². The summed E-state index contributed by atoms with van der Waals surface area (Å²) in [4.78, 5) is 27.4. The number of carbonyl (C=O) groups excluding carboxylic acids is 2. The van der Waals surface area contributed by atoms with Crippen LogP contribution in [0.5, 0.6) is 0 Å². The molecule has 0 bridgehead atoms. The predicted molar refractivity (Wildman–Crippen MR) is 116 cm³/mol. The van der Waals surface area contributed by atoms with Crippen molar-refractivity contribution in [2.45, 2.75) is 29.4 Å². The second-order valence-electron chi connectivity index (χ2n) is 6.99. The molecule has 0 saturated carbocycles. The minimum Gasteiger partial charge on any atom is -0.326 e. The van der Waals surface area contributed by atoms with Gasteiger partial charge in [-0.05, 0) is 53.2 Å². The summed E-state index contributed by atoms with van der Waals surface area (Å²) in [6, 6.07) is 15.1. The number of hydrogen-bond donors (Lipinski definition) is 1. The Hall–Kier alpha value is -3.39. The molecule has 2 heterocycles. The zero-order valence-electron chi connectivity index (χ0n) is 16.6. The average Bonchev–Trinajstić information content (AvgIpc) is 3.14. The maximum absolute atomic E-state index is 12.7. The molecule has 0 radical (unpaired) electrons. The van der Waals surface area contributed by atoms with Crippen molar-refractivity contribution < 1.29 is 9.59 Å². The average molecular weight is 420 g/mol. The van der Waals surface area contributed by atoms with Crippen molar-refractivity contribution in [1.82, 2.24) is 19.7 Å². The summed E-state index contributed by atoms with van der Waals surface area (Å²) in [5, 5.41) is 11.6. The Morgan fingerprint density at radius 1 is 1.13 bits per heavy atom. The van der Waals surface area contributed by atoms with Crippen LogP contribution < -0.4 is 5.32 Å². The van der Waals surface area contributed by atoms with Gasteiger partial charge in [0.05, 0.1) is 12.5 Å². The number of anilines is 1. The van der Waals surface area contributed by atoms with Crippen molar-refractivity contribution in [3.8, 4) is 0 Å². The number of nitrogens with one attached hydrogen (secondary N) is 1. The Kier molecular flexibility index (Phi) is 5.67. The molecule has 0 saturated heterocycles. The SMILES string of the molecule is CC(=O)N1C=Cc2ccccc2C1CC(=O)Nc1ccc(Sc2nncn2C)cc1. The van der Waals surface area contributed by atoms with Gasteiger partial charge in [-0.25, -0.2) is 0 Å². The lowest BCUT2D eigenvalue weighted by atomic mass is 9.93. The molecule has 30 heavy (non-hydrogen) atoms. The minimum absolute atomic E-state index is 0.0938. The van der Waals surface area contributed by atoms with E-state index >= 15 is 0 Å². The third-order valence-electron chi connectivity index (χ3n) is 4.86. The topological polar surface area (TPSA) is 80.1 Å². The maximum Gasteiger partial charge on any atom is 0.226 e. The molecule has 0 aliphatic carbocycles. The van der Waals surface area contributed by atoms with E-state index in [2.05, 4.69) is 15.5 Å². The quantitative estimate of drug-likeness (QED) is 0.679. The molecule has 1 N–H and O–H groups in total. The normalized spacial score (nSPS) is 15.0. The lowest BCUT2D eigenvalue weighted by Crippen LogP contribution is -2.33. The number of aromatic nitrogens is 3. The van der Waals surface area contributed by atoms with E-state index in [1.165, 1.54) is 18.7 Å². The van der Waals surface area contributed by atoms with E-state index in [4.69, 9.17) is 0 Å². The molecule has 152 valence electrons. The monoisotopic (exact) mass is 419 g/mol. The number of benzene rings is 2. The van der Waals surface area contributed by atoms with E-state index in [9.17, 15) is 9.59 Å². The number of carbonyl (C=O) groups is 2. The molecule has 1 unspecified atom stereocenters. The molecule has 0 fully saturated rings. The molecule has 1 aliphatic heterocycles. The molecule has 3 aromatic rings. The van der Waals surface area contributed by atoms with Crippen LogP contribution in [0, 0.1) is 0 Å². The third kappa shape index (κ3) is 4.28. The van der Waals surface area contributed by atoms with Crippen LogP contribution in [0.4, 0.5) is 5.69 Å².